The van der Waals surface area contributed by atoms with E-state index in [9.17, 15) is 0 Å². The molecule has 0 fully saturated rings. The molecule has 0 aliphatic carbocycles. The fourth-order valence-electron chi connectivity index (χ4n) is 2.84. The Bertz CT molecular complexity index is 659. The monoisotopic (exact) mass is 418 g/mol. The number of unbranched alkanes of at least 4 members (excludes halogenated alkanes) is 3. The topological polar surface area (TPSA) is 9.23 Å². The van der Waals surface area contributed by atoms with Crippen molar-refractivity contribution < 1.29 is 4.74 Å². The van der Waals surface area contributed by atoms with Gasteiger partial charge in [0.25, 0.3) is 0 Å². The Hall–Kier alpha value is -0.903. The highest BCUT2D eigenvalue weighted by molar-refractivity contribution is 9.10. The highest BCUT2D eigenvalue weighted by Crippen LogP contribution is 2.23. The van der Waals surface area contributed by atoms with Gasteiger partial charge in [-0.3, -0.25) is 0 Å². The van der Waals surface area contributed by atoms with Gasteiger partial charge in [-0.05, 0) is 41.3 Å². The highest BCUT2D eigenvalue weighted by Gasteiger charge is 2.18. The number of ether oxygens (including phenoxy) is 1. The maximum absolute atomic E-state index is 5.95. The van der Waals surface area contributed by atoms with E-state index >= 15 is 0 Å². The van der Waals surface area contributed by atoms with Crippen molar-refractivity contribution in [1.82, 2.24) is 0 Å². The van der Waals surface area contributed by atoms with Gasteiger partial charge in [0.15, 0.2) is 0 Å². The summed E-state index contributed by atoms with van der Waals surface area (Å²) in [7, 11) is -1.37. The van der Waals surface area contributed by atoms with Crippen LogP contribution in [0.3, 0.4) is 0 Å². The molecular formula is C22H31BrOSi. The van der Waals surface area contributed by atoms with Crippen molar-refractivity contribution >= 4 is 29.2 Å². The maximum atomic E-state index is 5.95. The number of benzene rings is 2. The molecule has 0 spiro atoms. The highest BCUT2D eigenvalue weighted by atomic mass is 79.9. The van der Waals surface area contributed by atoms with Gasteiger partial charge >= 0.3 is 0 Å². The van der Waals surface area contributed by atoms with Crippen LogP contribution in [0.15, 0.2) is 46.9 Å². The van der Waals surface area contributed by atoms with Crippen molar-refractivity contribution in [1.29, 1.82) is 0 Å². The van der Waals surface area contributed by atoms with Gasteiger partial charge in [0.2, 0.25) is 0 Å². The van der Waals surface area contributed by atoms with Crippen molar-refractivity contribution in [2.45, 2.75) is 58.9 Å². The summed E-state index contributed by atoms with van der Waals surface area (Å²) in [5.74, 6) is 0. The molecule has 3 heteroatoms. The van der Waals surface area contributed by atoms with Gasteiger partial charge in [-0.2, -0.15) is 0 Å². The van der Waals surface area contributed by atoms with Crippen molar-refractivity contribution in [3.8, 4) is 11.1 Å². The van der Waals surface area contributed by atoms with E-state index in [1.165, 1.54) is 47.6 Å². The second kappa shape index (κ2) is 9.70. The van der Waals surface area contributed by atoms with Crippen LogP contribution in [-0.2, 0) is 11.3 Å². The fraction of sp³-hybridized carbons (Fsp3) is 0.455. The van der Waals surface area contributed by atoms with E-state index in [4.69, 9.17) is 4.74 Å². The largest absolute Gasteiger partial charge is 0.377 e. The van der Waals surface area contributed by atoms with Gasteiger partial charge in [-0.15, -0.1) is 0 Å². The van der Waals surface area contributed by atoms with E-state index in [1.54, 1.807) is 0 Å². The molecule has 0 radical (unpaired) electrons. The average molecular weight is 419 g/mol. The Balaban J connectivity index is 2.15. The maximum Gasteiger partial charge on any atom is 0.0776 e. The molecule has 0 unspecified atom stereocenters. The quantitative estimate of drug-likeness (QED) is 0.322. The second-order valence-corrected chi connectivity index (χ2v) is 13.8. The number of rotatable bonds is 9. The lowest BCUT2D eigenvalue weighted by Gasteiger charge is -2.20. The van der Waals surface area contributed by atoms with E-state index in [0.717, 1.165) is 11.1 Å². The zero-order valence-corrected chi connectivity index (χ0v) is 18.7. The molecular weight excluding hydrogens is 388 g/mol. The van der Waals surface area contributed by atoms with E-state index < -0.39 is 8.07 Å². The SMILES string of the molecule is CCCCCCOCc1cc(-c2ccc(Br)cc2)cc([Si](C)(C)C)c1. The number of hydrogen-bond donors (Lipinski definition) is 0. The van der Waals surface area contributed by atoms with Crippen molar-refractivity contribution in [2.75, 3.05) is 6.61 Å². The first-order valence-corrected chi connectivity index (χ1v) is 13.7. The normalized spacial score (nSPS) is 11.7. The standard InChI is InChI=1S/C22H31BrOSi/c1-5-6-7-8-13-24-17-18-14-20(16-22(15-18)25(2,3)4)19-9-11-21(23)12-10-19/h9-12,14-16H,5-8,13,17H2,1-4H3. The van der Waals surface area contributed by atoms with Crippen LogP contribution in [0.25, 0.3) is 11.1 Å². The molecule has 0 heterocycles. The molecule has 136 valence electrons. The van der Waals surface area contributed by atoms with Crippen LogP contribution in [-0.4, -0.2) is 14.7 Å². The molecule has 0 saturated heterocycles. The molecule has 25 heavy (non-hydrogen) atoms. The fourth-order valence-corrected chi connectivity index (χ4v) is 4.31. The Kier molecular flexibility index (Phi) is 7.92. The van der Waals surface area contributed by atoms with Crippen LogP contribution in [0.4, 0.5) is 0 Å². The predicted molar refractivity (Wildman–Crippen MR) is 116 cm³/mol. The second-order valence-electron chi connectivity index (χ2n) is 7.79. The lowest BCUT2D eigenvalue weighted by atomic mass is 10.0. The Morgan fingerprint density at radius 1 is 0.880 bits per heavy atom. The lowest BCUT2D eigenvalue weighted by Crippen LogP contribution is -2.37. The van der Waals surface area contributed by atoms with Gasteiger partial charge in [0.05, 0.1) is 14.7 Å². The minimum Gasteiger partial charge on any atom is -0.377 e. The van der Waals surface area contributed by atoms with E-state index in [-0.39, 0.29) is 0 Å². The Labute approximate surface area is 162 Å². The third-order valence-electron chi connectivity index (χ3n) is 4.45. The van der Waals surface area contributed by atoms with Crippen LogP contribution in [0.1, 0.15) is 38.2 Å². The lowest BCUT2D eigenvalue weighted by molar-refractivity contribution is 0.117. The van der Waals surface area contributed by atoms with Crippen molar-refractivity contribution in [3.05, 3.63) is 52.5 Å². The molecule has 0 atom stereocenters. The zero-order chi connectivity index (χ0) is 18.3. The van der Waals surface area contributed by atoms with E-state index in [2.05, 4.69) is 85.0 Å². The van der Waals surface area contributed by atoms with Crippen LogP contribution in [0, 0.1) is 0 Å². The van der Waals surface area contributed by atoms with Crippen LogP contribution >= 0.6 is 15.9 Å². The molecule has 0 amide bonds. The molecule has 0 aromatic heterocycles. The molecule has 2 rings (SSSR count). The number of halogens is 1. The predicted octanol–water partition coefficient (Wildman–Crippen LogP) is 6.76. The Morgan fingerprint density at radius 3 is 2.24 bits per heavy atom. The number of hydrogen-bond acceptors (Lipinski definition) is 1. The van der Waals surface area contributed by atoms with Gasteiger partial charge in [-0.25, -0.2) is 0 Å². The van der Waals surface area contributed by atoms with Gasteiger partial charge in [-0.1, -0.05) is 91.2 Å². The molecule has 0 aliphatic rings. The van der Waals surface area contributed by atoms with Crippen molar-refractivity contribution in [3.63, 3.8) is 0 Å². The van der Waals surface area contributed by atoms with Gasteiger partial charge in [0, 0.05) is 11.1 Å². The summed E-state index contributed by atoms with van der Waals surface area (Å²) in [5.41, 5.74) is 3.87. The van der Waals surface area contributed by atoms with Crippen LogP contribution < -0.4 is 5.19 Å². The molecule has 2 aromatic carbocycles. The third-order valence-corrected chi connectivity index (χ3v) is 7.00. The molecule has 0 N–H and O–H groups in total. The smallest absolute Gasteiger partial charge is 0.0776 e. The summed E-state index contributed by atoms with van der Waals surface area (Å²) in [6.07, 6.45) is 5.02. The van der Waals surface area contributed by atoms with Crippen LogP contribution in [0.2, 0.25) is 19.6 Å². The molecule has 2 aromatic rings. The van der Waals surface area contributed by atoms with Gasteiger partial charge < -0.3 is 4.74 Å². The zero-order valence-electron chi connectivity index (χ0n) is 16.1. The van der Waals surface area contributed by atoms with E-state index in [0.29, 0.717) is 6.61 Å². The van der Waals surface area contributed by atoms with Gasteiger partial charge in [0.1, 0.15) is 0 Å². The van der Waals surface area contributed by atoms with Crippen molar-refractivity contribution in [2.24, 2.45) is 0 Å². The first kappa shape index (κ1) is 20.4. The molecule has 1 nitrogen and oxygen atoms in total. The summed E-state index contributed by atoms with van der Waals surface area (Å²) in [6, 6.07) is 15.6. The average Bonchev–Trinajstić information content (AvgIpc) is 2.57. The minimum absolute atomic E-state index is 0.716. The first-order chi connectivity index (χ1) is 11.9. The molecule has 0 bridgehead atoms. The summed E-state index contributed by atoms with van der Waals surface area (Å²) < 4.78 is 7.07. The van der Waals surface area contributed by atoms with Crippen LogP contribution in [0.5, 0.6) is 0 Å². The first-order valence-electron chi connectivity index (χ1n) is 9.38. The molecule has 0 saturated carbocycles. The Morgan fingerprint density at radius 2 is 1.60 bits per heavy atom. The summed E-state index contributed by atoms with van der Waals surface area (Å²) >= 11 is 3.53. The molecule has 0 aliphatic heterocycles. The summed E-state index contributed by atoms with van der Waals surface area (Å²) in [4.78, 5) is 0. The minimum atomic E-state index is -1.37. The third kappa shape index (κ3) is 6.73. The van der Waals surface area contributed by atoms with E-state index in [1.807, 2.05) is 0 Å². The summed E-state index contributed by atoms with van der Waals surface area (Å²) in [6.45, 7) is 11.0. The summed E-state index contributed by atoms with van der Waals surface area (Å²) in [5, 5.41) is 1.50.